The summed E-state index contributed by atoms with van der Waals surface area (Å²) in [6.07, 6.45) is 0. The number of hydrogen-bond acceptors (Lipinski definition) is 1. The Morgan fingerprint density at radius 1 is 1.36 bits per heavy atom. The third kappa shape index (κ3) is 1.97. The molecule has 1 aromatic carbocycles. The van der Waals surface area contributed by atoms with Gasteiger partial charge in [0, 0.05) is 0 Å². The van der Waals surface area contributed by atoms with Crippen LogP contribution in [0.15, 0.2) is 12.1 Å². The molecule has 0 aliphatic heterocycles. The van der Waals surface area contributed by atoms with Crippen LogP contribution in [0.1, 0.15) is 5.56 Å². The molecule has 0 atom stereocenters. The second kappa shape index (κ2) is 3.59. The summed E-state index contributed by atoms with van der Waals surface area (Å²) >= 11 is 14.4. The van der Waals surface area contributed by atoms with Gasteiger partial charge in [0.1, 0.15) is 0 Å². The van der Waals surface area contributed by atoms with E-state index in [0.717, 1.165) is 0 Å². The van der Waals surface area contributed by atoms with Crippen LogP contribution in [0.2, 0.25) is 10.0 Å². The number of phenolic OH excluding ortho intramolecular Hbond substituents is 1. The molecule has 1 nitrogen and oxygen atoms in total. The van der Waals surface area contributed by atoms with Crippen molar-refractivity contribution in [1.29, 1.82) is 0 Å². The van der Waals surface area contributed by atoms with Crippen molar-refractivity contribution in [2.24, 2.45) is 0 Å². The Morgan fingerprint density at radius 3 is 2.55 bits per heavy atom. The summed E-state index contributed by atoms with van der Waals surface area (Å²) in [6.45, 7) is 0. The third-order valence-electron chi connectivity index (χ3n) is 1.18. The van der Waals surface area contributed by atoms with Crippen molar-refractivity contribution in [2.45, 2.75) is 0 Å². The van der Waals surface area contributed by atoms with Crippen molar-refractivity contribution in [2.75, 3.05) is 0 Å². The molecule has 0 aromatic heterocycles. The van der Waals surface area contributed by atoms with E-state index in [1.54, 1.807) is 11.0 Å². The molecular formula is C7H4Cl2MnO. The van der Waals surface area contributed by atoms with E-state index in [0.29, 0.717) is 10.6 Å². The molecule has 4 heteroatoms. The number of rotatable bonds is 1. The maximum absolute atomic E-state index is 9.27. The van der Waals surface area contributed by atoms with E-state index < -0.39 is 0 Å². The molecule has 0 fully saturated rings. The van der Waals surface area contributed by atoms with Gasteiger partial charge in [-0.15, -0.1) is 0 Å². The summed E-state index contributed by atoms with van der Waals surface area (Å²) in [6, 6.07) is 3.09. The first kappa shape index (κ1) is 9.08. The second-order valence-electron chi connectivity index (χ2n) is 1.93. The quantitative estimate of drug-likeness (QED) is 0.734. The van der Waals surface area contributed by atoms with Crippen molar-refractivity contribution in [1.82, 2.24) is 0 Å². The average molecular weight is 230 g/mol. The SMILES string of the molecule is Oc1c(Cl)cc(Cl)cc1[CH]=[Mn]. The van der Waals surface area contributed by atoms with E-state index in [9.17, 15) is 5.11 Å². The Kier molecular flexibility index (Phi) is 2.97. The molecular weight excluding hydrogens is 226 g/mol. The second-order valence-corrected chi connectivity index (χ2v) is 3.12. The van der Waals surface area contributed by atoms with Crippen LogP contribution in [0, 0.1) is 0 Å². The van der Waals surface area contributed by atoms with Crippen molar-refractivity contribution in [3.8, 4) is 5.75 Å². The van der Waals surface area contributed by atoms with Gasteiger partial charge >= 0.3 is 82.3 Å². The van der Waals surface area contributed by atoms with Gasteiger partial charge in [-0.25, -0.2) is 0 Å². The number of aromatic hydroxyl groups is 1. The van der Waals surface area contributed by atoms with Crippen molar-refractivity contribution in [3.63, 3.8) is 0 Å². The van der Waals surface area contributed by atoms with Gasteiger partial charge in [0.15, 0.2) is 0 Å². The summed E-state index contributed by atoms with van der Waals surface area (Å²) in [5.74, 6) is 0.0351. The fourth-order valence-corrected chi connectivity index (χ4v) is 1.44. The fraction of sp³-hybridized carbons (Fsp3) is 0. The molecule has 0 amide bonds. The van der Waals surface area contributed by atoms with E-state index in [2.05, 4.69) is 15.6 Å². The van der Waals surface area contributed by atoms with Gasteiger partial charge in [-0.05, 0) is 0 Å². The van der Waals surface area contributed by atoms with Crippen LogP contribution in [-0.4, -0.2) is 10.0 Å². The molecule has 0 unspecified atom stereocenters. The van der Waals surface area contributed by atoms with Crippen LogP contribution in [-0.2, 0) is 15.6 Å². The van der Waals surface area contributed by atoms with E-state index >= 15 is 0 Å². The summed E-state index contributed by atoms with van der Waals surface area (Å²) in [4.78, 5) is 1.56. The van der Waals surface area contributed by atoms with Gasteiger partial charge in [-0.3, -0.25) is 0 Å². The summed E-state index contributed by atoms with van der Waals surface area (Å²) < 4.78 is 0. The molecule has 59 valence electrons. The first-order chi connectivity index (χ1) is 5.15. The van der Waals surface area contributed by atoms with Gasteiger partial charge in [-0.2, -0.15) is 0 Å². The fourth-order valence-electron chi connectivity index (χ4n) is 0.669. The van der Waals surface area contributed by atoms with Crippen molar-refractivity contribution in [3.05, 3.63) is 27.7 Å². The maximum atomic E-state index is 9.27. The Morgan fingerprint density at radius 2 is 2.00 bits per heavy atom. The summed E-state index contributed by atoms with van der Waals surface area (Å²) in [5.41, 5.74) is 0.572. The van der Waals surface area contributed by atoms with Crippen molar-refractivity contribution >= 4 is 28.1 Å². The predicted octanol–water partition coefficient (Wildman–Crippen LogP) is 2.40. The topological polar surface area (TPSA) is 20.2 Å². The molecule has 0 spiro atoms. The molecule has 0 heterocycles. The van der Waals surface area contributed by atoms with Crippen LogP contribution in [0.25, 0.3) is 0 Å². The van der Waals surface area contributed by atoms with E-state index in [1.807, 2.05) is 0 Å². The Hall–Kier alpha value is -0.0105. The summed E-state index contributed by atoms with van der Waals surface area (Å²) in [5, 5.41) is 10.0. The third-order valence-corrected chi connectivity index (χ3v) is 2.05. The molecule has 1 rings (SSSR count). The van der Waals surface area contributed by atoms with Crippen LogP contribution in [0.5, 0.6) is 5.75 Å². The van der Waals surface area contributed by atoms with Gasteiger partial charge in [0.2, 0.25) is 0 Å². The first-order valence-electron chi connectivity index (χ1n) is 2.76. The average Bonchev–Trinajstić information content (AvgIpc) is 1.96. The number of phenols is 1. The number of halogens is 2. The molecule has 0 aliphatic rings. The predicted molar refractivity (Wildman–Crippen MR) is 43.3 cm³/mol. The van der Waals surface area contributed by atoms with Gasteiger partial charge < -0.3 is 0 Å². The monoisotopic (exact) mass is 229 g/mol. The zero-order valence-electron chi connectivity index (χ0n) is 5.31. The Labute approximate surface area is 82.3 Å². The Bertz CT molecular complexity index is 299. The molecule has 1 N–H and O–H groups in total. The van der Waals surface area contributed by atoms with Gasteiger partial charge in [0.05, 0.1) is 0 Å². The normalized spacial score (nSPS) is 9.64. The van der Waals surface area contributed by atoms with Crippen LogP contribution >= 0.6 is 23.2 Å². The van der Waals surface area contributed by atoms with Gasteiger partial charge in [-0.1, -0.05) is 0 Å². The van der Waals surface area contributed by atoms with E-state index in [-0.39, 0.29) is 10.8 Å². The van der Waals surface area contributed by atoms with E-state index in [4.69, 9.17) is 23.2 Å². The summed E-state index contributed by atoms with van der Waals surface area (Å²) in [7, 11) is 0. The van der Waals surface area contributed by atoms with Gasteiger partial charge in [0.25, 0.3) is 0 Å². The Balaban J connectivity index is 3.35. The van der Waals surface area contributed by atoms with Crippen LogP contribution < -0.4 is 0 Å². The minimum absolute atomic E-state index is 0.0351. The van der Waals surface area contributed by atoms with Crippen molar-refractivity contribution < 1.29 is 20.7 Å². The molecule has 0 aliphatic carbocycles. The first-order valence-corrected chi connectivity index (χ1v) is 4.20. The molecule has 0 radical (unpaired) electrons. The zero-order chi connectivity index (χ0) is 8.43. The molecule has 0 saturated carbocycles. The molecule has 0 bridgehead atoms. The molecule has 1 aromatic rings. The zero-order valence-corrected chi connectivity index (χ0v) is 8.01. The molecule has 0 saturated heterocycles. The van der Waals surface area contributed by atoms with E-state index in [1.165, 1.54) is 6.07 Å². The van der Waals surface area contributed by atoms with Crippen LogP contribution in [0.3, 0.4) is 0 Å². The minimum atomic E-state index is 0.0351. The standard InChI is InChI=1S/C7H4Cl2O.Mn/c1-4-2-5(8)3-6(9)7(4)10;/h1-3,10H;. The number of hydrogen-bond donors (Lipinski definition) is 1. The number of benzene rings is 1. The van der Waals surface area contributed by atoms with Crippen LogP contribution in [0.4, 0.5) is 0 Å². The molecule has 11 heavy (non-hydrogen) atoms.